The SMILES string of the molecule is COCCN1CCN(CC(=O)N2CCc3ccccc32)C[C@@H]1C. The van der Waals surface area contributed by atoms with Gasteiger partial charge in [0.15, 0.2) is 0 Å². The number of para-hydroxylation sites is 1. The highest BCUT2D eigenvalue weighted by Gasteiger charge is 2.28. The molecule has 0 spiro atoms. The first-order valence-corrected chi connectivity index (χ1v) is 8.52. The molecule has 1 aromatic rings. The molecule has 1 saturated heterocycles. The van der Waals surface area contributed by atoms with Gasteiger partial charge >= 0.3 is 0 Å². The van der Waals surface area contributed by atoms with E-state index in [-0.39, 0.29) is 5.91 Å². The second-order valence-electron chi connectivity index (χ2n) is 6.54. The maximum Gasteiger partial charge on any atom is 0.241 e. The molecular weight excluding hydrogens is 290 g/mol. The summed E-state index contributed by atoms with van der Waals surface area (Å²) in [6.45, 7) is 8.23. The highest BCUT2D eigenvalue weighted by molar-refractivity contribution is 5.96. The first-order chi connectivity index (χ1) is 11.2. The fraction of sp³-hybridized carbons (Fsp3) is 0.611. The van der Waals surface area contributed by atoms with Crippen molar-refractivity contribution in [2.75, 3.05) is 57.9 Å². The van der Waals surface area contributed by atoms with Gasteiger partial charge in [-0.15, -0.1) is 0 Å². The average Bonchev–Trinajstić information content (AvgIpc) is 2.98. The van der Waals surface area contributed by atoms with E-state index in [9.17, 15) is 4.79 Å². The number of rotatable bonds is 5. The standard InChI is InChI=1S/C18H27N3O2/c1-15-13-19(9-10-20(15)11-12-23-2)14-18(22)21-8-7-16-5-3-4-6-17(16)21/h3-6,15H,7-14H2,1-2H3/t15-/m0/s1. The summed E-state index contributed by atoms with van der Waals surface area (Å²) in [5.41, 5.74) is 2.39. The van der Waals surface area contributed by atoms with Crippen LogP contribution in [0.15, 0.2) is 24.3 Å². The molecule has 2 heterocycles. The first-order valence-electron chi connectivity index (χ1n) is 8.52. The predicted molar refractivity (Wildman–Crippen MR) is 91.9 cm³/mol. The number of carbonyl (C=O) groups excluding carboxylic acids is 1. The minimum absolute atomic E-state index is 0.229. The largest absolute Gasteiger partial charge is 0.383 e. The number of anilines is 1. The molecule has 0 N–H and O–H groups in total. The third-order valence-electron chi connectivity index (χ3n) is 4.98. The molecule has 5 nitrogen and oxygen atoms in total. The zero-order valence-corrected chi connectivity index (χ0v) is 14.2. The summed E-state index contributed by atoms with van der Waals surface area (Å²) < 4.78 is 5.17. The highest BCUT2D eigenvalue weighted by Crippen LogP contribution is 2.27. The van der Waals surface area contributed by atoms with Crippen LogP contribution >= 0.6 is 0 Å². The van der Waals surface area contributed by atoms with Crippen molar-refractivity contribution in [2.45, 2.75) is 19.4 Å². The molecule has 0 bridgehead atoms. The number of fused-ring (bicyclic) bond motifs is 1. The molecule has 0 radical (unpaired) electrons. The zero-order chi connectivity index (χ0) is 16.2. The summed E-state index contributed by atoms with van der Waals surface area (Å²) >= 11 is 0. The van der Waals surface area contributed by atoms with Crippen LogP contribution in [0.4, 0.5) is 5.69 Å². The van der Waals surface area contributed by atoms with E-state index in [1.165, 1.54) is 5.56 Å². The van der Waals surface area contributed by atoms with Gasteiger partial charge in [-0.2, -0.15) is 0 Å². The predicted octanol–water partition coefficient (Wildman–Crippen LogP) is 1.23. The number of carbonyl (C=O) groups is 1. The molecule has 5 heteroatoms. The minimum Gasteiger partial charge on any atom is -0.383 e. The van der Waals surface area contributed by atoms with E-state index in [1.807, 2.05) is 17.0 Å². The number of piperazine rings is 1. The van der Waals surface area contributed by atoms with Gasteiger partial charge < -0.3 is 9.64 Å². The molecule has 0 aliphatic carbocycles. The maximum atomic E-state index is 12.7. The van der Waals surface area contributed by atoms with Crippen molar-refractivity contribution in [3.8, 4) is 0 Å². The Hall–Kier alpha value is -1.43. The zero-order valence-electron chi connectivity index (χ0n) is 14.2. The molecule has 2 aliphatic rings. The van der Waals surface area contributed by atoms with Crippen molar-refractivity contribution in [3.63, 3.8) is 0 Å². The van der Waals surface area contributed by atoms with E-state index in [0.717, 1.165) is 51.4 Å². The van der Waals surface area contributed by atoms with Crippen molar-refractivity contribution < 1.29 is 9.53 Å². The van der Waals surface area contributed by atoms with Gasteiger partial charge in [0.05, 0.1) is 13.2 Å². The van der Waals surface area contributed by atoms with Gasteiger partial charge in [-0.3, -0.25) is 14.6 Å². The highest BCUT2D eigenvalue weighted by atomic mass is 16.5. The lowest BCUT2D eigenvalue weighted by molar-refractivity contribution is -0.120. The van der Waals surface area contributed by atoms with Gasteiger partial charge in [0.2, 0.25) is 5.91 Å². The molecular formula is C18H27N3O2. The molecule has 0 unspecified atom stereocenters. The Kier molecular flexibility index (Phi) is 5.30. The Labute approximate surface area is 138 Å². The number of hydrogen-bond donors (Lipinski definition) is 0. The summed E-state index contributed by atoms with van der Waals surface area (Å²) in [6.07, 6.45) is 0.975. The topological polar surface area (TPSA) is 36.0 Å². The Balaban J connectivity index is 1.54. The molecule has 1 atom stereocenters. The van der Waals surface area contributed by atoms with Crippen molar-refractivity contribution in [3.05, 3.63) is 29.8 Å². The number of methoxy groups -OCH3 is 1. The molecule has 0 aromatic heterocycles. The van der Waals surface area contributed by atoms with E-state index in [1.54, 1.807) is 7.11 Å². The number of amides is 1. The molecule has 0 saturated carbocycles. The Bertz CT molecular complexity index is 549. The molecule has 1 fully saturated rings. The number of hydrogen-bond acceptors (Lipinski definition) is 4. The van der Waals surface area contributed by atoms with E-state index in [0.29, 0.717) is 12.6 Å². The summed E-state index contributed by atoms with van der Waals surface area (Å²) in [6, 6.07) is 8.72. The summed E-state index contributed by atoms with van der Waals surface area (Å²) in [4.78, 5) is 19.4. The summed E-state index contributed by atoms with van der Waals surface area (Å²) in [5.74, 6) is 0.229. The number of benzene rings is 1. The van der Waals surface area contributed by atoms with Gasteiger partial charge in [0, 0.05) is 51.6 Å². The number of nitrogens with zero attached hydrogens (tertiary/aromatic N) is 3. The van der Waals surface area contributed by atoms with Crippen LogP contribution in [0.25, 0.3) is 0 Å². The smallest absolute Gasteiger partial charge is 0.241 e. The van der Waals surface area contributed by atoms with E-state index < -0.39 is 0 Å². The third kappa shape index (κ3) is 3.74. The molecule has 23 heavy (non-hydrogen) atoms. The van der Waals surface area contributed by atoms with Crippen molar-refractivity contribution in [1.29, 1.82) is 0 Å². The second kappa shape index (κ2) is 7.43. The van der Waals surface area contributed by atoms with Crippen LogP contribution in [-0.4, -0.2) is 74.7 Å². The van der Waals surface area contributed by atoms with Crippen LogP contribution in [0.1, 0.15) is 12.5 Å². The quantitative estimate of drug-likeness (QED) is 0.818. The normalized spacial score (nSPS) is 22.3. The fourth-order valence-electron chi connectivity index (χ4n) is 3.63. The lowest BCUT2D eigenvalue weighted by atomic mass is 10.2. The Morgan fingerprint density at radius 2 is 2.09 bits per heavy atom. The van der Waals surface area contributed by atoms with Crippen LogP contribution in [-0.2, 0) is 16.0 Å². The van der Waals surface area contributed by atoms with E-state index >= 15 is 0 Å². The monoisotopic (exact) mass is 317 g/mol. The van der Waals surface area contributed by atoms with Crippen LogP contribution in [0, 0.1) is 0 Å². The first kappa shape index (κ1) is 16.4. The molecule has 1 amide bonds. The van der Waals surface area contributed by atoms with Gasteiger partial charge in [-0.1, -0.05) is 18.2 Å². The maximum absolute atomic E-state index is 12.7. The van der Waals surface area contributed by atoms with Gasteiger partial charge in [0.1, 0.15) is 0 Å². The van der Waals surface area contributed by atoms with E-state index in [2.05, 4.69) is 28.9 Å². The lowest BCUT2D eigenvalue weighted by Crippen LogP contribution is -2.54. The van der Waals surface area contributed by atoms with Crippen molar-refractivity contribution in [2.24, 2.45) is 0 Å². The van der Waals surface area contributed by atoms with Crippen LogP contribution in [0.5, 0.6) is 0 Å². The second-order valence-corrected chi connectivity index (χ2v) is 6.54. The average molecular weight is 317 g/mol. The summed E-state index contributed by atoms with van der Waals surface area (Å²) in [5, 5.41) is 0. The van der Waals surface area contributed by atoms with Crippen molar-refractivity contribution in [1.82, 2.24) is 9.80 Å². The number of ether oxygens (including phenoxy) is 1. The van der Waals surface area contributed by atoms with Gasteiger partial charge in [-0.25, -0.2) is 0 Å². The lowest BCUT2D eigenvalue weighted by Gasteiger charge is -2.39. The third-order valence-corrected chi connectivity index (χ3v) is 4.98. The minimum atomic E-state index is 0.229. The summed E-state index contributed by atoms with van der Waals surface area (Å²) in [7, 11) is 1.74. The van der Waals surface area contributed by atoms with Gasteiger partial charge in [-0.05, 0) is 25.0 Å². The molecule has 2 aliphatic heterocycles. The molecule has 1 aromatic carbocycles. The Morgan fingerprint density at radius 1 is 1.26 bits per heavy atom. The van der Waals surface area contributed by atoms with Crippen molar-refractivity contribution >= 4 is 11.6 Å². The van der Waals surface area contributed by atoms with Gasteiger partial charge in [0.25, 0.3) is 0 Å². The Morgan fingerprint density at radius 3 is 2.87 bits per heavy atom. The molecule has 126 valence electrons. The molecule has 3 rings (SSSR count). The fourth-order valence-corrected chi connectivity index (χ4v) is 3.63. The van der Waals surface area contributed by atoms with Crippen LogP contribution in [0.2, 0.25) is 0 Å². The van der Waals surface area contributed by atoms with E-state index in [4.69, 9.17) is 4.74 Å². The van der Waals surface area contributed by atoms with Crippen LogP contribution < -0.4 is 4.90 Å². The van der Waals surface area contributed by atoms with Crippen LogP contribution in [0.3, 0.4) is 0 Å².